The van der Waals surface area contributed by atoms with E-state index in [2.05, 4.69) is 25.7 Å². The Hall–Kier alpha value is -1.38. The minimum atomic E-state index is -0.425. The van der Waals surface area contributed by atoms with Gasteiger partial charge in [0.05, 0.1) is 51.7 Å². The molecule has 0 atom stereocenters. The molecule has 0 amide bonds. The Morgan fingerprint density at radius 3 is 1.48 bits per heavy atom. The SMILES string of the molecule is C#CCOCC(COCC=C)(COCC=C)COCC=C. The molecule has 118 valence electrons. The van der Waals surface area contributed by atoms with Crippen LogP contribution in [-0.2, 0) is 18.9 Å². The summed E-state index contributed by atoms with van der Waals surface area (Å²) in [6, 6.07) is 0. The lowest BCUT2D eigenvalue weighted by atomic mass is 9.92. The molecule has 0 radical (unpaired) electrons. The van der Waals surface area contributed by atoms with Crippen LogP contribution < -0.4 is 0 Å². The van der Waals surface area contributed by atoms with Gasteiger partial charge in [-0.25, -0.2) is 0 Å². The van der Waals surface area contributed by atoms with Gasteiger partial charge in [-0.05, 0) is 0 Å². The number of hydrogen-bond acceptors (Lipinski definition) is 4. The van der Waals surface area contributed by atoms with Crippen LogP contribution in [0.15, 0.2) is 38.0 Å². The molecular formula is C17H26O4. The van der Waals surface area contributed by atoms with E-state index in [9.17, 15) is 0 Å². The van der Waals surface area contributed by atoms with Crippen molar-refractivity contribution in [3.05, 3.63) is 38.0 Å². The van der Waals surface area contributed by atoms with Gasteiger partial charge >= 0.3 is 0 Å². The summed E-state index contributed by atoms with van der Waals surface area (Å²) >= 11 is 0. The van der Waals surface area contributed by atoms with Crippen LogP contribution in [0.4, 0.5) is 0 Å². The third-order valence-corrected chi connectivity index (χ3v) is 2.53. The maximum atomic E-state index is 5.58. The molecular weight excluding hydrogens is 268 g/mol. The highest BCUT2D eigenvalue weighted by molar-refractivity contribution is 4.86. The predicted molar refractivity (Wildman–Crippen MR) is 85.1 cm³/mol. The molecule has 0 rings (SSSR count). The van der Waals surface area contributed by atoms with E-state index in [1.807, 2.05) is 0 Å². The van der Waals surface area contributed by atoms with Crippen molar-refractivity contribution >= 4 is 0 Å². The molecule has 0 bridgehead atoms. The summed E-state index contributed by atoms with van der Waals surface area (Å²) in [6.07, 6.45) is 10.3. The first-order valence-corrected chi connectivity index (χ1v) is 6.82. The average Bonchev–Trinajstić information content (AvgIpc) is 2.48. The average molecular weight is 294 g/mol. The molecule has 0 aromatic rings. The van der Waals surface area contributed by atoms with Crippen molar-refractivity contribution in [2.24, 2.45) is 5.41 Å². The van der Waals surface area contributed by atoms with Gasteiger partial charge in [0.1, 0.15) is 6.61 Å². The lowest BCUT2D eigenvalue weighted by Crippen LogP contribution is -2.42. The van der Waals surface area contributed by atoms with E-state index in [0.717, 1.165) is 0 Å². The normalized spacial score (nSPS) is 10.8. The maximum Gasteiger partial charge on any atom is 0.107 e. The van der Waals surface area contributed by atoms with E-state index >= 15 is 0 Å². The van der Waals surface area contributed by atoms with Crippen LogP contribution in [0.3, 0.4) is 0 Å². The maximum absolute atomic E-state index is 5.58. The summed E-state index contributed by atoms with van der Waals surface area (Å²) in [5.74, 6) is 2.45. The van der Waals surface area contributed by atoms with E-state index in [-0.39, 0.29) is 6.61 Å². The molecule has 21 heavy (non-hydrogen) atoms. The fourth-order valence-electron chi connectivity index (χ4n) is 1.65. The fraction of sp³-hybridized carbons (Fsp3) is 0.529. The van der Waals surface area contributed by atoms with Crippen LogP contribution in [0.2, 0.25) is 0 Å². The van der Waals surface area contributed by atoms with Gasteiger partial charge in [0, 0.05) is 0 Å². The van der Waals surface area contributed by atoms with Crippen LogP contribution in [-0.4, -0.2) is 52.9 Å². The number of terminal acetylenes is 1. The molecule has 0 aromatic heterocycles. The van der Waals surface area contributed by atoms with Gasteiger partial charge < -0.3 is 18.9 Å². The van der Waals surface area contributed by atoms with Gasteiger partial charge in [-0.2, -0.15) is 0 Å². The second-order valence-corrected chi connectivity index (χ2v) is 4.61. The second kappa shape index (κ2) is 13.6. The van der Waals surface area contributed by atoms with Crippen LogP contribution in [0.1, 0.15) is 0 Å². The quantitative estimate of drug-likeness (QED) is 0.264. The lowest BCUT2D eigenvalue weighted by Gasteiger charge is -2.32. The molecule has 0 aliphatic heterocycles. The Bertz CT molecular complexity index is 294. The third-order valence-electron chi connectivity index (χ3n) is 2.53. The Balaban J connectivity index is 4.67. The molecule has 0 heterocycles. The van der Waals surface area contributed by atoms with Crippen LogP contribution in [0.25, 0.3) is 0 Å². The molecule has 4 heteroatoms. The number of hydrogen-bond donors (Lipinski definition) is 0. The Morgan fingerprint density at radius 1 is 0.762 bits per heavy atom. The molecule has 0 N–H and O–H groups in total. The summed E-state index contributed by atoms with van der Waals surface area (Å²) in [5.41, 5.74) is -0.425. The highest BCUT2D eigenvalue weighted by Crippen LogP contribution is 2.20. The standard InChI is InChI=1S/C17H26O4/c1-5-9-18-13-17(14-19-10-6-2,15-20-11-7-3)16-21-12-8-4/h1,6-8H,2-4,9-16H2. The van der Waals surface area contributed by atoms with E-state index < -0.39 is 5.41 Å². The van der Waals surface area contributed by atoms with Crippen molar-refractivity contribution in [1.29, 1.82) is 0 Å². The third kappa shape index (κ3) is 10.1. The first-order valence-electron chi connectivity index (χ1n) is 6.82. The zero-order chi connectivity index (χ0) is 15.8. The molecule has 0 aliphatic rings. The number of rotatable bonds is 15. The number of ether oxygens (including phenoxy) is 4. The van der Waals surface area contributed by atoms with Crippen molar-refractivity contribution in [3.8, 4) is 12.3 Å². The van der Waals surface area contributed by atoms with E-state index in [1.165, 1.54) is 0 Å². The smallest absolute Gasteiger partial charge is 0.107 e. The lowest BCUT2D eigenvalue weighted by molar-refractivity contribution is -0.0937. The van der Waals surface area contributed by atoms with Crippen molar-refractivity contribution in [2.45, 2.75) is 0 Å². The molecule has 0 spiro atoms. The summed E-state index contributed by atoms with van der Waals surface area (Å²) in [7, 11) is 0. The molecule has 0 aromatic carbocycles. The van der Waals surface area contributed by atoms with Crippen molar-refractivity contribution in [1.82, 2.24) is 0 Å². The van der Waals surface area contributed by atoms with Gasteiger partial charge in [-0.15, -0.1) is 26.2 Å². The van der Waals surface area contributed by atoms with Crippen molar-refractivity contribution in [2.75, 3.05) is 52.9 Å². The Morgan fingerprint density at radius 2 is 1.14 bits per heavy atom. The first kappa shape index (κ1) is 19.6. The molecule has 0 unspecified atom stereocenters. The fourth-order valence-corrected chi connectivity index (χ4v) is 1.65. The van der Waals surface area contributed by atoms with Crippen LogP contribution in [0.5, 0.6) is 0 Å². The van der Waals surface area contributed by atoms with Gasteiger partial charge in [0.25, 0.3) is 0 Å². The van der Waals surface area contributed by atoms with Crippen LogP contribution >= 0.6 is 0 Å². The monoisotopic (exact) mass is 294 g/mol. The molecule has 0 fully saturated rings. The summed E-state index contributed by atoms with van der Waals surface area (Å²) < 4.78 is 22.2. The summed E-state index contributed by atoms with van der Waals surface area (Å²) in [4.78, 5) is 0. The predicted octanol–water partition coefficient (Wildman–Crippen LogP) is 2.23. The first-order chi connectivity index (χ1) is 10.2. The zero-order valence-corrected chi connectivity index (χ0v) is 12.7. The Kier molecular flexibility index (Phi) is 12.7. The van der Waals surface area contributed by atoms with E-state index in [1.54, 1.807) is 18.2 Å². The second-order valence-electron chi connectivity index (χ2n) is 4.61. The highest BCUT2D eigenvalue weighted by atomic mass is 16.5. The van der Waals surface area contributed by atoms with Crippen molar-refractivity contribution < 1.29 is 18.9 Å². The minimum absolute atomic E-state index is 0.242. The highest BCUT2D eigenvalue weighted by Gasteiger charge is 2.32. The van der Waals surface area contributed by atoms with Gasteiger partial charge in [-0.1, -0.05) is 24.1 Å². The molecule has 0 aliphatic carbocycles. The van der Waals surface area contributed by atoms with Gasteiger partial charge in [0.15, 0.2) is 0 Å². The molecule has 0 saturated carbocycles. The Labute approximate surface area is 128 Å². The van der Waals surface area contributed by atoms with Gasteiger partial charge in [0.2, 0.25) is 0 Å². The van der Waals surface area contributed by atoms with Crippen molar-refractivity contribution in [3.63, 3.8) is 0 Å². The topological polar surface area (TPSA) is 36.9 Å². The van der Waals surface area contributed by atoms with Gasteiger partial charge in [-0.3, -0.25) is 0 Å². The summed E-state index contributed by atoms with van der Waals surface area (Å²) in [5, 5.41) is 0. The molecule has 0 saturated heterocycles. The van der Waals surface area contributed by atoms with E-state index in [4.69, 9.17) is 25.4 Å². The summed E-state index contributed by atoms with van der Waals surface area (Å²) in [6.45, 7) is 14.2. The zero-order valence-electron chi connectivity index (χ0n) is 12.7. The van der Waals surface area contributed by atoms with E-state index in [0.29, 0.717) is 46.2 Å². The minimum Gasteiger partial charge on any atom is -0.377 e. The largest absolute Gasteiger partial charge is 0.377 e. The van der Waals surface area contributed by atoms with Crippen LogP contribution in [0, 0.1) is 17.8 Å². The molecule has 4 nitrogen and oxygen atoms in total.